The molecular formula is C17H30O2. The van der Waals surface area contributed by atoms with E-state index >= 15 is 0 Å². The highest BCUT2D eigenvalue weighted by Crippen LogP contribution is 2.50. The highest BCUT2D eigenvalue weighted by Gasteiger charge is 2.50. The molecule has 19 heavy (non-hydrogen) atoms. The number of ether oxygens (including phenoxy) is 1. The molecule has 0 radical (unpaired) electrons. The quantitative estimate of drug-likeness (QED) is 0.779. The van der Waals surface area contributed by atoms with E-state index in [1.807, 2.05) is 0 Å². The summed E-state index contributed by atoms with van der Waals surface area (Å²) in [5, 5.41) is 11.3. The van der Waals surface area contributed by atoms with Crippen LogP contribution in [0, 0.1) is 17.8 Å². The standard InChI is InChI=1S/C17H30O2/c1-13-5-6-14(2)17(18,11-13)15-7-10-19-16(12-15)8-3-4-9-16/h13-15,18H,3-12H2,1-2H3. The molecule has 2 saturated carbocycles. The van der Waals surface area contributed by atoms with E-state index in [2.05, 4.69) is 13.8 Å². The second-order valence-electron chi connectivity index (χ2n) is 7.71. The molecule has 3 rings (SSSR count). The van der Waals surface area contributed by atoms with E-state index < -0.39 is 5.60 Å². The predicted molar refractivity (Wildman–Crippen MR) is 77.0 cm³/mol. The summed E-state index contributed by atoms with van der Waals surface area (Å²) in [6.45, 7) is 5.44. The van der Waals surface area contributed by atoms with Crippen LogP contribution in [0.1, 0.15) is 71.6 Å². The van der Waals surface area contributed by atoms with Crippen molar-refractivity contribution in [3.8, 4) is 0 Å². The molecule has 0 aromatic carbocycles. The lowest BCUT2D eigenvalue weighted by Gasteiger charge is -2.51. The topological polar surface area (TPSA) is 29.5 Å². The Kier molecular flexibility index (Phi) is 3.68. The van der Waals surface area contributed by atoms with Crippen molar-refractivity contribution < 1.29 is 9.84 Å². The molecule has 2 nitrogen and oxygen atoms in total. The van der Waals surface area contributed by atoms with Gasteiger partial charge in [-0.25, -0.2) is 0 Å². The third-order valence-electron chi connectivity index (χ3n) is 6.34. The molecule has 0 aromatic rings. The Hall–Kier alpha value is -0.0800. The zero-order valence-corrected chi connectivity index (χ0v) is 12.7. The molecule has 1 saturated heterocycles. The normalized spacial score (nSPS) is 46.6. The SMILES string of the molecule is CC1CCC(C)C(O)(C2CCOC3(CCCC3)C2)C1. The molecule has 2 aliphatic carbocycles. The van der Waals surface area contributed by atoms with Gasteiger partial charge in [0.25, 0.3) is 0 Å². The van der Waals surface area contributed by atoms with Crippen LogP contribution in [0.4, 0.5) is 0 Å². The van der Waals surface area contributed by atoms with Gasteiger partial charge in [0, 0.05) is 6.61 Å². The second kappa shape index (κ2) is 5.04. The van der Waals surface area contributed by atoms with Crippen molar-refractivity contribution >= 4 is 0 Å². The first-order valence-corrected chi connectivity index (χ1v) is 8.40. The number of aliphatic hydroxyl groups is 1. The van der Waals surface area contributed by atoms with Crippen molar-refractivity contribution in [2.75, 3.05) is 6.61 Å². The van der Waals surface area contributed by atoms with E-state index in [0.717, 1.165) is 25.9 Å². The Morgan fingerprint density at radius 2 is 1.74 bits per heavy atom. The van der Waals surface area contributed by atoms with Crippen LogP contribution >= 0.6 is 0 Å². The Balaban J connectivity index is 1.76. The van der Waals surface area contributed by atoms with Gasteiger partial charge in [-0.1, -0.05) is 33.1 Å². The van der Waals surface area contributed by atoms with Gasteiger partial charge < -0.3 is 9.84 Å². The molecule has 1 heterocycles. The van der Waals surface area contributed by atoms with E-state index in [-0.39, 0.29) is 5.60 Å². The van der Waals surface area contributed by atoms with Gasteiger partial charge in [-0.05, 0) is 56.3 Å². The molecule has 4 atom stereocenters. The lowest BCUT2D eigenvalue weighted by molar-refractivity contribution is -0.170. The highest BCUT2D eigenvalue weighted by molar-refractivity contribution is 5.01. The van der Waals surface area contributed by atoms with Crippen LogP contribution in [-0.2, 0) is 4.74 Å². The average molecular weight is 266 g/mol. The van der Waals surface area contributed by atoms with Gasteiger partial charge in [-0.3, -0.25) is 0 Å². The number of hydrogen-bond acceptors (Lipinski definition) is 2. The first-order chi connectivity index (χ1) is 9.04. The van der Waals surface area contributed by atoms with Gasteiger partial charge in [-0.2, -0.15) is 0 Å². The Bertz CT molecular complexity index is 321. The molecular weight excluding hydrogens is 236 g/mol. The Morgan fingerprint density at radius 1 is 1.00 bits per heavy atom. The molecule has 0 amide bonds. The van der Waals surface area contributed by atoms with Crippen LogP contribution in [0.3, 0.4) is 0 Å². The van der Waals surface area contributed by atoms with Crippen molar-refractivity contribution in [2.45, 2.75) is 82.8 Å². The first kappa shape index (κ1) is 13.9. The summed E-state index contributed by atoms with van der Waals surface area (Å²) in [4.78, 5) is 0. The van der Waals surface area contributed by atoms with Crippen LogP contribution < -0.4 is 0 Å². The highest BCUT2D eigenvalue weighted by atomic mass is 16.5. The largest absolute Gasteiger partial charge is 0.389 e. The Morgan fingerprint density at radius 3 is 2.47 bits per heavy atom. The van der Waals surface area contributed by atoms with Gasteiger partial charge in [-0.15, -0.1) is 0 Å². The monoisotopic (exact) mass is 266 g/mol. The summed E-state index contributed by atoms with van der Waals surface area (Å²) in [7, 11) is 0. The minimum absolute atomic E-state index is 0.138. The molecule has 110 valence electrons. The van der Waals surface area contributed by atoms with Gasteiger partial charge >= 0.3 is 0 Å². The second-order valence-corrected chi connectivity index (χ2v) is 7.71. The van der Waals surface area contributed by atoms with Crippen LogP contribution in [0.15, 0.2) is 0 Å². The van der Waals surface area contributed by atoms with Crippen molar-refractivity contribution in [2.24, 2.45) is 17.8 Å². The molecule has 0 aromatic heterocycles. The summed E-state index contributed by atoms with van der Waals surface area (Å²) >= 11 is 0. The van der Waals surface area contributed by atoms with Gasteiger partial charge in [0.15, 0.2) is 0 Å². The third kappa shape index (κ3) is 2.47. The number of rotatable bonds is 1. The fourth-order valence-corrected chi connectivity index (χ4v) is 5.04. The van der Waals surface area contributed by atoms with Crippen LogP contribution in [0.5, 0.6) is 0 Å². The van der Waals surface area contributed by atoms with E-state index in [9.17, 15) is 5.11 Å². The van der Waals surface area contributed by atoms with Crippen molar-refractivity contribution in [3.63, 3.8) is 0 Å². The summed E-state index contributed by atoms with van der Waals surface area (Å²) in [5.41, 5.74) is -0.282. The zero-order valence-electron chi connectivity index (χ0n) is 12.7. The van der Waals surface area contributed by atoms with Gasteiger partial charge in [0.1, 0.15) is 0 Å². The van der Waals surface area contributed by atoms with Crippen molar-refractivity contribution in [3.05, 3.63) is 0 Å². The maximum atomic E-state index is 11.3. The summed E-state index contributed by atoms with van der Waals surface area (Å²) in [6, 6.07) is 0. The van der Waals surface area contributed by atoms with Crippen molar-refractivity contribution in [1.82, 2.24) is 0 Å². The third-order valence-corrected chi connectivity index (χ3v) is 6.34. The minimum Gasteiger partial charge on any atom is -0.389 e. The van der Waals surface area contributed by atoms with Gasteiger partial charge in [0.2, 0.25) is 0 Å². The molecule has 1 aliphatic heterocycles. The molecule has 2 heteroatoms. The molecule has 1 spiro atoms. The molecule has 3 fully saturated rings. The maximum absolute atomic E-state index is 11.3. The smallest absolute Gasteiger partial charge is 0.0705 e. The lowest BCUT2D eigenvalue weighted by Crippen LogP contribution is -2.53. The predicted octanol–water partition coefficient (Wildman–Crippen LogP) is 3.91. The first-order valence-electron chi connectivity index (χ1n) is 8.40. The van der Waals surface area contributed by atoms with E-state index in [1.165, 1.54) is 38.5 Å². The van der Waals surface area contributed by atoms with Crippen molar-refractivity contribution in [1.29, 1.82) is 0 Å². The fraction of sp³-hybridized carbons (Fsp3) is 1.00. The van der Waals surface area contributed by atoms with Crippen LogP contribution in [0.25, 0.3) is 0 Å². The maximum Gasteiger partial charge on any atom is 0.0705 e. The van der Waals surface area contributed by atoms with Crippen LogP contribution in [0.2, 0.25) is 0 Å². The van der Waals surface area contributed by atoms with E-state index in [0.29, 0.717) is 17.8 Å². The van der Waals surface area contributed by atoms with Crippen LogP contribution in [-0.4, -0.2) is 22.9 Å². The molecule has 3 aliphatic rings. The summed E-state index contributed by atoms with van der Waals surface area (Å²) < 4.78 is 6.14. The summed E-state index contributed by atoms with van der Waals surface area (Å²) in [6.07, 6.45) is 10.8. The summed E-state index contributed by atoms with van der Waals surface area (Å²) in [5.74, 6) is 1.62. The van der Waals surface area contributed by atoms with E-state index in [1.54, 1.807) is 0 Å². The molecule has 1 N–H and O–H groups in total. The average Bonchev–Trinajstić information content (AvgIpc) is 2.82. The minimum atomic E-state index is -0.420. The molecule has 0 bridgehead atoms. The van der Waals surface area contributed by atoms with E-state index in [4.69, 9.17) is 4.74 Å². The van der Waals surface area contributed by atoms with Gasteiger partial charge in [0.05, 0.1) is 11.2 Å². The number of hydrogen-bond donors (Lipinski definition) is 1. The fourth-order valence-electron chi connectivity index (χ4n) is 5.04. The Labute approximate surface area is 117 Å². The zero-order chi connectivity index (χ0) is 13.5. The lowest BCUT2D eigenvalue weighted by atomic mass is 9.62. The molecule has 4 unspecified atom stereocenters.